The van der Waals surface area contributed by atoms with Crippen LogP contribution in [0, 0.1) is 22.7 Å². The van der Waals surface area contributed by atoms with Gasteiger partial charge in [-0.05, 0) is 31.5 Å². The Labute approximate surface area is 120 Å². The normalized spacial score (nSPS) is 10.1. The van der Waals surface area contributed by atoms with Gasteiger partial charge in [0, 0.05) is 0 Å². The van der Waals surface area contributed by atoms with Crippen molar-refractivity contribution in [1.82, 2.24) is 4.98 Å². The molecule has 0 aliphatic rings. The molecule has 0 unspecified atom stereocenters. The number of aromatic nitrogens is 1. The molecule has 0 radical (unpaired) electrons. The molecule has 0 N–H and O–H groups in total. The number of benzene rings is 1. The zero-order valence-corrected chi connectivity index (χ0v) is 11.9. The lowest BCUT2D eigenvalue weighted by Gasteiger charge is -2.03. The molecular weight excluding hydrogens is 272 g/mol. The van der Waals surface area contributed by atoms with Gasteiger partial charge in [0.15, 0.2) is 0 Å². The van der Waals surface area contributed by atoms with Crippen molar-refractivity contribution < 1.29 is 4.74 Å². The summed E-state index contributed by atoms with van der Waals surface area (Å²) in [7, 11) is 0. The molecule has 0 bridgehead atoms. The lowest BCUT2D eigenvalue weighted by atomic mass is 10.2. The molecule has 0 amide bonds. The van der Waals surface area contributed by atoms with Gasteiger partial charge in [-0.25, -0.2) is 4.98 Å². The quantitative estimate of drug-likeness (QED) is 0.808. The first-order valence-corrected chi connectivity index (χ1v) is 6.85. The minimum atomic E-state index is -0.113. The van der Waals surface area contributed by atoms with E-state index in [2.05, 4.69) is 9.98 Å². The molecule has 2 rings (SSSR count). The largest absolute Gasteiger partial charge is 0.467 e. The zero-order valence-electron chi connectivity index (χ0n) is 11.1. The molecule has 1 aromatic heterocycles. The third kappa shape index (κ3) is 3.31. The van der Waals surface area contributed by atoms with Crippen LogP contribution in [0.4, 0.5) is 0 Å². The number of hydrogen-bond acceptors (Lipinski definition) is 6. The molecule has 1 heterocycles. The molecule has 0 spiro atoms. The average molecular weight is 284 g/mol. The van der Waals surface area contributed by atoms with Crippen molar-refractivity contribution in [1.29, 1.82) is 10.5 Å². The van der Waals surface area contributed by atoms with Crippen molar-refractivity contribution in [3.05, 3.63) is 23.8 Å². The van der Waals surface area contributed by atoms with Crippen molar-refractivity contribution in [3.63, 3.8) is 0 Å². The van der Waals surface area contributed by atoms with Gasteiger partial charge in [-0.2, -0.15) is 10.5 Å². The van der Waals surface area contributed by atoms with Crippen molar-refractivity contribution in [3.8, 4) is 17.3 Å². The minimum absolute atomic E-state index is 0.0912. The third-order valence-electron chi connectivity index (χ3n) is 2.40. The van der Waals surface area contributed by atoms with Crippen LogP contribution in [0.25, 0.3) is 10.2 Å². The molecule has 0 atom stereocenters. The Bertz CT molecular complexity index is 718. The van der Waals surface area contributed by atoms with Gasteiger partial charge in [0.05, 0.1) is 22.9 Å². The highest BCUT2D eigenvalue weighted by Crippen LogP contribution is 2.29. The fourth-order valence-electron chi connectivity index (χ4n) is 1.56. The van der Waals surface area contributed by atoms with Crippen molar-refractivity contribution >= 4 is 27.3 Å². The summed E-state index contributed by atoms with van der Waals surface area (Å²) in [5, 5.41) is 17.9. The molecule has 0 saturated carbocycles. The fourth-order valence-corrected chi connectivity index (χ4v) is 2.57. The SMILES string of the molecule is CC(C)Oc1nc2ccc(CN=C(C#N)C#N)cc2s1. The molecule has 100 valence electrons. The van der Waals surface area contributed by atoms with Gasteiger partial charge in [-0.3, -0.25) is 4.99 Å². The smallest absolute Gasteiger partial charge is 0.274 e. The standard InChI is InChI=1S/C14H12N4OS/c1-9(2)19-14-18-12-4-3-10(5-13(12)20-14)8-17-11(6-15)7-16/h3-5,9H,8H2,1-2H3. The van der Waals surface area contributed by atoms with E-state index < -0.39 is 0 Å². The lowest BCUT2D eigenvalue weighted by Crippen LogP contribution is -2.04. The maximum atomic E-state index is 8.64. The second kappa shape index (κ2) is 6.14. The number of fused-ring (bicyclic) bond motifs is 1. The maximum absolute atomic E-state index is 8.64. The van der Waals surface area contributed by atoms with E-state index in [1.165, 1.54) is 11.3 Å². The molecule has 5 nitrogen and oxygen atoms in total. The number of ether oxygens (including phenoxy) is 1. The Balaban J connectivity index is 2.24. The van der Waals surface area contributed by atoms with E-state index in [4.69, 9.17) is 15.3 Å². The summed E-state index contributed by atoms with van der Waals surface area (Å²) in [4.78, 5) is 8.32. The first kappa shape index (κ1) is 14.0. The molecule has 1 aromatic carbocycles. The number of nitriles is 2. The van der Waals surface area contributed by atoms with Gasteiger partial charge in [0.2, 0.25) is 5.71 Å². The molecule has 6 heteroatoms. The second-order valence-corrected chi connectivity index (χ2v) is 5.33. The summed E-state index contributed by atoms with van der Waals surface area (Å²) in [6.45, 7) is 4.22. The van der Waals surface area contributed by atoms with E-state index in [9.17, 15) is 0 Å². The van der Waals surface area contributed by atoms with Crippen LogP contribution in [0.2, 0.25) is 0 Å². The van der Waals surface area contributed by atoms with E-state index in [0.717, 1.165) is 15.8 Å². The van der Waals surface area contributed by atoms with E-state index >= 15 is 0 Å². The topological polar surface area (TPSA) is 82.1 Å². The molecule has 0 aliphatic heterocycles. The third-order valence-corrected chi connectivity index (χ3v) is 3.31. The molecule has 0 fully saturated rings. The van der Waals surface area contributed by atoms with Crippen LogP contribution >= 0.6 is 11.3 Å². The van der Waals surface area contributed by atoms with Crippen molar-refractivity contribution in [2.24, 2.45) is 4.99 Å². The highest BCUT2D eigenvalue weighted by Gasteiger charge is 2.07. The summed E-state index contributed by atoms with van der Waals surface area (Å²) in [6, 6.07) is 9.22. The number of rotatable bonds is 4. The van der Waals surface area contributed by atoms with E-state index in [0.29, 0.717) is 11.7 Å². The summed E-state index contributed by atoms with van der Waals surface area (Å²) < 4.78 is 6.57. The van der Waals surface area contributed by atoms with E-state index in [1.807, 2.05) is 32.0 Å². The van der Waals surface area contributed by atoms with Gasteiger partial charge >= 0.3 is 0 Å². The number of hydrogen-bond donors (Lipinski definition) is 0. The van der Waals surface area contributed by atoms with Crippen LogP contribution in [0.1, 0.15) is 19.4 Å². The van der Waals surface area contributed by atoms with Crippen LogP contribution in [0.3, 0.4) is 0 Å². The summed E-state index contributed by atoms with van der Waals surface area (Å²) >= 11 is 1.47. The Morgan fingerprint density at radius 3 is 2.80 bits per heavy atom. The monoisotopic (exact) mass is 284 g/mol. The maximum Gasteiger partial charge on any atom is 0.274 e. The summed E-state index contributed by atoms with van der Waals surface area (Å²) in [5.74, 6) is 0. The Hall–Kier alpha value is -2.44. The summed E-state index contributed by atoms with van der Waals surface area (Å²) in [5.41, 5.74) is 1.69. The summed E-state index contributed by atoms with van der Waals surface area (Å²) in [6.07, 6.45) is 0.0912. The first-order valence-electron chi connectivity index (χ1n) is 6.03. The van der Waals surface area contributed by atoms with E-state index in [-0.39, 0.29) is 11.8 Å². The molecule has 0 aliphatic carbocycles. The highest BCUT2D eigenvalue weighted by molar-refractivity contribution is 7.20. The van der Waals surface area contributed by atoms with Crippen molar-refractivity contribution in [2.45, 2.75) is 26.5 Å². The first-order chi connectivity index (χ1) is 9.62. The van der Waals surface area contributed by atoms with Crippen LogP contribution in [-0.2, 0) is 6.54 Å². The highest BCUT2D eigenvalue weighted by atomic mass is 32.1. The predicted molar refractivity (Wildman–Crippen MR) is 77.7 cm³/mol. The second-order valence-electron chi connectivity index (χ2n) is 4.34. The van der Waals surface area contributed by atoms with Gasteiger partial charge in [0.25, 0.3) is 5.19 Å². The van der Waals surface area contributed by atoms with Gasteiger partial charge in [-0.1, -0.05) is 17.4 Å². The molecular formula is C14H12N4OS. The number of nitrogens with zero attached hydrogens (tertiary/aromatic N) is 4. The minimum Gasteiger partial charge on any atom is -0.467 e. The number of aliphatic imine (C=N–C) groups is 1. The Morgan fingerprint density at radius 2 is 2.15 bits per heavy atom. The van der Waals surface area contributed by atoms with Gasteiger partial charge in [0.1, 0.15) is 12.1 Å². The van der Waals surface area contributed by atoms with Crippen LogP contribution in [0.15, 0.2) is 23.2 Å². The van der Waals surface area contributed by atoms with Crippen molar-refractivity contribution in [2.75, 3.05) is 0 Å². The van der Waals surface area contributed by atoms with Crippen LogP contribution in [-0.4, -0.2) is 16.8 Å². The van der Waals surface area contributed by atoms with E-state index in [1.54, 1.807) is 12.1 Å². The predicted octanol–water partition coefficient (Wildman–Crippen LogP) is 3.07. The van der Waals surface area contributed by atoms with Crippen LogP contribution in [0.5, 0.6) is 5.19 Å². The van der Waals surface area contributed by atoms with Gasteiger partial charge in [-0.15, -0.1) is 0 Å². The fraction of sp³-hybridized carbons (Fsp3) is 0.286. The lowest BCUT2D eigenvalue weighted by molar-refractivity contribution is 0.242. The zero-order chi connectivity index (χ0) is 14.5. The van der Waals surface area contributed by atoms with Gasteiger partial charge < -0.3 is 4.74 Å². The Kier molecular flexibility index (Phi) is 4.29. The number of thiazole rings is 1. The van der Waals surface area contributed by atoms with Crippen LogP contribution < -0.4 is 4.74 Å². The molecule has 0 saturated heterocycles. The molecule has 20 heavy (non-hydrogen) atoms. The average Bonchev–Trinajstić information content (AvgIpc) is 2.80. The Morgan fingerprint density at radius 1 is 1.40 bits per heavy atom. The molecule has 2 aromatic rings.